The second kappa shape index (κ2) is 7.63. The summed E-state index contributed by atoms with van der Waals surface area (Å²) >= 11 is 0. The number of hydrogen-bond donors (Lipinski definition) is 0. The molecule has 0 N–H and O–H groups in total. The van der Waals surface area contributed by atoms with Crippen molar-refractivity contribution in [2.45, 2.75) is 32.1 Å². The van der Waals surface area contributed by atoms with Gasteiger partial charge in [0, 0.05) is 11.5 Å². The Hall–Kier alpha value is -2.09. The zero-order chi connectivity index (χ0) is 15.1. The lowest BCUT2D eigenvalue weighted by atomic mass is 9.86. The predicted molar refractivity (Wildman–Crippen MR) is 86.0 cm³/mol. The first kappa shape index (κ1) is 15.3. The average Bonchev–Trinajstić information content (AvgIpc) is 2.56. The highest BCUT2D eigenvalue weighted by Crippen LogP contribution is 2.27. The van der Waals surface area contributed by atoms with Gasteiger partial charge in [-0.25, -0.2) is 0 Å². The largest absolute Gasteiger partial charge is 0.497 e. The number of rotatable bonds is 7. The molecular formula is C19H22O2. The van der Waals surface area contributed by atoms with Crippen LogP contribution in [0.3, 0.4) is 0 Å². The summed E-state index contributed by atoms with van der Waals surface area (Å²) in [4.78, 5) is 12.8. The molecule has 0 heterocycles. The van der Waals surface area contributed by atoms with Crippen molar-refractivity contribution in [3.05, 3.63) is 65.7 Å². The van der Waals surface area contributed by atoms with E-state index in [1.165, 1.54) is 0 Å². The van der Waals surface area contributed by atoms with Crippen molar-refractivity contribution in [2.75, 3.05) is 7.11 Å². The first-order valence-electron chi connectivity index (χ1n) is 7.49. The SMILES string of the molecule is CCCC[C@@H](C(=O)c1ccc(OC)cc1)c1ccccc1. The van der Waals surface area contributed by atoms with Gasteiger partial charge in [0.15, 0.2) is 5.78 Å². The van der Waals surface area contributed by atoms with Crippen LogP contribution in [0, 0.1) is 0 Å². The molecule has 110 valence electrons. The molecule has 0 amide bonds. The van der Waals surface area contributed by atoms with E-state index < -0.39 is 0 Å². The normalized spacial score (nSPS) is 11.9. The standard InChI is InChI=1S/C19H22O2/c1-3-4-10-18(15-8-6-5-7-9-15)19(20)16-11-13-17(21-2)14-12-16/h5-9,11-14,18H,3-4,10H2,1-2H3/t18-/m1/s1. The van der Waals surface area contributed by atoms with Crippen molar-refractivity contribution in [3.8, 4) is 5.75 Å². The second-order valence-corrected chi connectivity index (χ2v) is 5.20. The zero-order valence-corrected chi connectivity index (χ0v) is 12.7. The van der Waals surface area contributed by atoms with Crippen LogP contribution in [0.25, 0.3) is 0 Å². The van der Waals surface area contributed by atoms with Crippen molar-refractivity contribution in [2.24, 2.45) is 0 Å². The third kappa shape index (κ3) is 3.94. The highest BCUT2D eigenvalue weighted by Gasteiger charge is 2.21. The molecule has 0 aromatic heterocycles. The van der Waals surface area contributed by atoms with Gasteiger partial charge in [-0.2, -0.15) is 0 Å². The Labute approximate surface area is 126 Å². The molecule has 0 spiro atoms. The maximum Gasteiger partial charge on any atom is 0.170 e. The summed E-state index contributed by atoms with van der Waals surface area (Å²) in [5.74, 6) is 0.910. The Morgan fingerprint density at radius 1 is 1.05 bits per heavy atom. The predicted octanol–water partition coefficient (Wildman–Crippen LogP) is 4.85. The summed E-state index contributed by atoms with van der Waals surface area (Å²) in [6, 6.07) is 17.4. The molecule has 0 saturated heterocycles. The third-order valence-corrected chi connectivity index (χ3v) is 3.74. The fourth-order valence-electron chi connectivity index (χ4n) is 2.50. The summed E-state index contributed by atoms with van der Waals surface area (Å²) in [6.45, 7) is 2.15. The first-order valence-corrected chi connectivity index (χ1v) is 7.49. The van der Waals surface area contributed by atoms with Crippen LogP contribution in [0.5, 0.6) is 5.75 Å². The molecule has 0 saturated carbocycles. The van der Waals surface area contributed by atoms with Gasteiger partial charge in [0.25, 0.3) is 0 Å². The molecule has 0 bridgehead atoms. The smallest absolute Gasteiger partial charge is 0.170 e. The molecule has 2 aromatic carbocycles. The van der Waals surface area contributed by atoms with E-state index in [2.05, 4.69) is 6.92 Å². The van der Waals surface area contributed by atoms with Gasteiger partial charge in [-0.05, 0) is 36.2 Å². The van der Waals surface area contributed by atoms with Crippen molar-refractivity contribution in [1.29, 1.82) is 0 Å². The minimum Gasteiger partial charge on any atom is -0.497 e. The maximum absolute atomic E-state index is 12.8. The van der Waals surface area contributed by atoms with Gasteiger partial charge >= 0.3 is 0 Å². The lowest BCUT2D eigenvalue weighted by molar-refractivity contribution is 0.0954. The van der Waals surface area contributed by atoms with Crippen LogP contribution in [-0.4, -0.2) is 12.9 Å². The van der Waals surface area contributed by atoms with Gasteiger partial charge < -0.3 is 4.74 Å². The molecular weight excluding hydrogens is 260 g/mol. The van der Waals surface area contributed by atoms with E-state index in [0.717, 1.165) is 36.1 Å². The minimum atomic E-state index is -0.0560. The molecule has 2 heteroatoms. The number of carbonyl (C=O) groups excluding carboxylic acids is 1. The van der Waals surface area contributed by atoms with Gasteiger partial charge in [0.2, 0.25) is 0 Å². The number of carbonyl (C=O) groups is 1. The summed E-state index contributed by atoms with van der Waals surface area (Å²) in [5.41, 5.74) is 1.85. The summed E-state index contributed by atoms with van der Waals surface area (Å²) in [7, 11) is 1.63. The van der Waals surface area contributed by atoms with Gasteiger partial charge in [-0.15, -0.1) is 0 Å². The van der Waals surface area contributed by atoms with Crippen molar-refractivity contribution >= 4 is 5.78 Å². The third-order valence-electron chi connectivity index (χ3n) is 3.74. The van der Waals surface area contributed by atoms with E-state index in [9.17, 15) is 4.79 Å². The van der Waals surface area contributed by atoms with E-state index in [1.54, 1.807) is 7.11 Å². The monoisotopic (exact) mass is 282 g/mol. The number of benzene rings is 2. The summed E-state index contributed by atoms with van der Waals surface area (Å²) in [5, 5.41) is 0. The van der Waals surface area contributed by atoms with Crippen molar-refractivity contribution in [1.82, 2.24) is 0 Å². The van der Waals surface area contributed by atoms with Crippen LogP contribution >= 0.6 is 0 Å². The Balaban J connectivity index is 2.24. The summed E-state index contributed by atoms with van der Waals surface area (Å²) < 4.78 is 5.15. The van der Waals surface area contributed by atoms with Crippen LogP contribution < -0.4 is 4.74 Å². The van der Waals surface area contributed by atoms with E-state index in [0.29, 0.717) is 0 Å². The lowest BCUT2D eigenvalue weighted by Crippen LogP contribution is -2.13. The molecule has 0 unspecified atom stereocenters. The molecule has 0 aliphatic rings. The number of methoxy groups -OCH3 is 1. The molecule has 2 nitrogen and oxygen atoms in total. The van der Waals surface area contributed by atoms with Gasteiger partial charge in [-0.3, -0.25) is 4.79 Å². The Kier molecular flexibility index (Phi) is 5.56. The van der Waals surface area contributed by atoms with Crippen LogP contribution in [0.2, 0.25) is 0 Å². The van der Waals surface area contributed by atoms with Gasteiger partial charge in [-0.1, -0.05) is 50.1 Å². The first-order chi connectivity index (χ1) is 10.3. The van der Waals surface area contributed by atoms with E-state index >= 15 is 0 Å². The minimum absolute atomic E-state index is 0.0560. The lowest BCUT2D eigenvalue weighted by Gasteiger charge is -2.16. The molecule has 1 atom stereocenters. The Morgan fingerprint density at radius 3 is 2.29 bits per heavy atom. The fraction of sp³-hybridized carbons (Fsp3) is 0.316. The number of ketones is 1. The molecule has 0 aliphatic heterocycles. The second-order valence-electron chi connectivity index (χ2n) is 5.20. The number of Topliss-reactive ketones (excluding diaryl/α,β-unsaturated/α-hetero) is 1. The Bertz CT molecular complexity index is 558. The number of hydrogen-bond acceptors (Lipinski definition) is 2. The zero-order valence-electron chi connectivity index (χ0n) is 12.7. The quantitative estimate of drug-likeness (QED) is 0.678. The number of unbranched alkanes of at least 4 members (excludes halogenated alkanes) is 1. The molecule has 0 radical (unpaired) electrons. The van der Waals surface area contributed by atoms with E-state index in [4.69, 9.17) is 4.74 Å². The van der Waals surface area contributed by atoms with Crippen molar-refractivity contribution in [3.63, 3.8) is 0 Å². The van der Waals surface area contributed by atoms with Crippen LogP contribution in [0.15, 0.2) is 54.6 Å². The number of ether oxygens (including phenoxy) is 1. The van der Waals surface area contributed by atoms with Crippen LogP contribution in [-0.2, 0) is 0 Å². The maximum atomic E-state index is 12.8. The Morgan fingerprint density at radius 2 is 1.71 bits per heavy atom. The topological polar surface area (TPSA) is 26.3 Å². The highest BCUT2D eigenvalue weighted by atomic mass is 16.5. The van der Waals surface area contributed by atoms with Crippen LogP contribution in [0.1, 0.15) is 48.0 Å². The van der Waals surface area contributed by atoms with E-state index in [1.807, 2.05) is 54.6 Å². The van der Waals surface area contributed by atoms with E-state index in [-0.39, 0.29) is 11.7 Å². The summed E-state index contributed by atoms with van der Waals surface area (Å²) in [6.07, 6.45) is 3.05. The molecule has 21 heavy (non-hydrogen) atoms. The molecule has 2 rings (SSSR count). The molecule has 2 aromatic rings. The van der Waals surface area contributed by atoms with Crippen molar-refractivity contribution < 1.29 is 9.53 Å². The molecule has 0 fully saturated rings. The molecule has 0 aliphatic carbocycles. The average molecular weight is 282 g/mol. The van der Waals surface area contributed by atoms with Gasteiger partial charge in [0.05, 0.1) is 7.11 Å². The van der Waals surface area contributed by atoms with Gasteiger partial charge in [0.1, 0.15) is 5.75 Å². The fourth-order valence-corrected chi connectivity index (χ4v) is 2.50. The highest BCUT2D eigenvalue weighted by molar-refractivity contribution is 6.01. The van der Waals surface area contributed by atoms with Crippen LogP contribution in [0.4, 0.5) is 0 Å².